The first kappa shape index (κ1) is 10.8. The summed E-state index contributed by atoms with van der Waals surface area (Å²) >= 11 is 0. The number of hydrogen-bond donors (Lipinski definition) is 3. The van der Waals surface area contributed by atoms with Gasteiger partial charge >= 0.3 is 0 Å². The molecule has 6 heteroatoms. The lowest BCUT2D eigenvalue weighted by Crippen LogP contribution is -2.06. The number of anilines is 2. The molecule has 78 valence electrons. The molecule has 0 heterocycles. The number of nitrogen functional groups attached to an aromatic ring is 1. The smallest absolute Gasteiger partial charge is 0.296 e. The first-order valence-electron chi connectivity index (χ1n) is 4.06. The van der Waals surface area contributed by atoms with E-state index < -0.39 is 10.1 Å². The predicted octanol–water partition coefficient (Wildman–Crippen LogP) is 0.947. The van der Waals surface area contributed by atoms with Crippen molar-refractivity contribution < 1.29 is 13.0 Å². The Morgan fingerprint density at radius 3 is 2.64 bits per heavy atom. The van der Waals surface area contributed by atoms with E-state index >= 15 is 0 Å². The van der Waals surface area contributed by atoms with Crippen LogP contribution in [0.25, 0.3) is 0 Å². The topological polar surface area (TPSA) is 92.4 Å². The summed E-state index contributed by atoms with van der Waals surface area (Å²) in [4.78, 5) is -0.195. The average Bonchev–Trinajstić information content (AvgIpc) is 2.07. The van der Waals surface area contributed by atoms with E-state index in [-0.39, 0.29) is 4.90 Å². The Bertz CT molecular complexity index is 428. The summed E-state index contributed by atoms with van der Waals surface area (Å²) in [6.45, 7) is 2.39. The third kappa shape index (κ3) is 2.36. The Balaban J connectivity index is 3.30. The van der Waals surface area contributed by atoms with E-state index in [0.717, 1.165) is 0 Å². The largest absolute Gasteiger partial charge is 0.399 e. The molecule has 0 spiro atoms. The van der Waals surface area contributed by atoms with Crippen molar-refractivity contribution in [3.05, 3.63) is 18.2 Å². The number of nitrogens with one attached hydrogen (secondary N) is 1. The third-order valence-electron chi connectivity index (χ3n) is 1.65. The van der Waals surface area contributed by atoms with Gasteiger partial charge in [-0.15, -0.1) is 0 Å². The number of hydrogen-bond acceptors (Lipinski definition) is 4. The van der Waals surface area contributed by atoms with Crippen LogP contribution in [0, 0.1) is 0 Å². The lowest BCUT2D eigenvalue weighted by atomic mass is 10.3. The summed E-state index contributed by atoms with van der Waals surface area (Å²) in [7, 11) is -4.22. The molecule has 0 bridgehead atoms. The first-order chi connectivity index (χ1) is 6.45. The van der Waals surface area contributed by atoms with E-state index in [1.165, 1.54) is 12.1 Å². The van der Waals surface area contributed by atoms with Gasteiger partial charge in [0.1, 0.15) is 4.90 Å². The maximum atomic E-state index is 10.9. The molecule has 1 rings (SSSR count). The van der Waals surface area contributed by atoms with Gasteiger partial charge in [-0.25, -0.2) is 0 Å². The van der Waals surface area contributed by atoms with Gasteiger partial charge in [-0.2, -0.15) is 8.42 Å². The monoisotopic (exact) mass is 216 g/mol. The van der Waals surface area contributed by atoms with Crippen LogP contribution < -0.4 is 11.1 Å². The molecule has 0 unspecified atom stereocenters. The first-order valence-corrected chi connectivity index (χ1v) is 5.50. The van der Waals surface area contributed by atoms with Crippen LogP contribution in [0.15, 0.2) is 23.1 Å². The van der Waals surface area contributed by atoms with Crippen molar-refractivity contribution in [1.29, 1.82) is 0 Å². The molecule has 0 fully saturated rings. The van der Waals surface area contributed by atoms with Crippen LogP contribution >= 0.6 is 0 Å². The Morgan fingerprint density at radius 1 is 1.50 bits per heavy atom. The zero-order chi connectivity index (χ0) is 10.8. The van der Waals surface area contributed by atoms with E-state index in [0.29, 0.717) is 17.9 Å². The highest BCUT2D eigenvalue weighted by Crippen LogP contribution is 2.23. The van der Waals surface area contributed by atoms with Gasteiger partial charge in [0.05, 0.1) is 5.69 Å². The van der Waals surface area contributed by atoms with Gasteiger partial charge in [0.15, 0.2) is 0 Å². The highest BCUT2D eigenvalue weighted by Gasteiger charge is 2.14. The molecule has 0 aliphatic heterocycles. The van der Waals surface area contributed by atoms with Crippen LogP contribution in [0.1, 0.15) is 6.92 Å². The van der Waals surface area contributed by atoms with Gasteiger partial charge in [-0.3, -0.25) is 4.55 Å². The lowest BCUT2D eigenvalue weighted by molar-refractivity contribution is 0.483. The van der Waals surface area contributed by atoms with Gasteiger partial charge in [-0.05, 0) is 25.1 Å². The molecule has 0 amide bonds. The van der Waals surface area contributed by atoms with Crippen molar-refractivity contribution in [3.8, 4) is 0 Å². The van der Waals surface area contributed by atoms with E-state index in [9.17, 15) is 8.42 Å². The van der Waals surface area contributed by atoms with Crippen LogP contribution in [-0.4, -0.2) is 19.5 Å². The molecule has 4 N–H and O–H groups in total. The molecule has 0 aliphatic carbocycles. The number of nitrogens with two attached hydrogens (primary N) is 1. The third-order valence-corrected chi connectivity index (χ3v) is 2.54. The molecule has 14 heavy (non-hydrogen) atoms. The molecule has 5 nitrogen and oxygen atoms in total. The maximum absolute atomic E-state index is 10.9. The van der Waals surface area contributed by atoms with Crippen LogP contribution in [0.3, 0.4) is 0 Å². The summed E-state index contributed by atoms with van der Waals surface area (Å²) in [5.41, 5.74) is 6.06. The molecule has 0 saturated carbocycles. The van der Waals surface area contributed by atoms with Gasteiger partial charge in [0.2, 0.25) is 0 Å². The minimum absolute atomic E-state index is 0.195. The van der Waals surface area contributed by atoms with Gasteiger partial charge in [0, 0.05) is 12.2 Å². The van der Waals surface area contributed by atoms with Crippen LogP contribution in [0.5, 0.6) is 0 Å². The van der Waals surface area contributed by atoms with Crippen molar-refractivity contribution >= 4 is 21.5 Å². The molecule has 0 saturated heterocycles. The maximum Gasteiger partial charge on any atom is 0.296 e. The second kappa shape index (κ2) is 3.85. The lowest BCUT2D eigenvalue weighted by Gasteiger charge is -2.08. The van der Waals surface area contributed by atoms with Crippen molar-refractivity contribution in [2.45, 2.75) is 11.8 Å². The molecular weight excluding hydrogens is 204 g/mol. The molecule has 0 aromatic heterocycles. The highest BCUT2D eigenvalue weighted by atomic mass is 32.2. The Labute approximate surface area is 82.7 Å². The molecule has 1 aromatic rings. The highest BCUT2D eigenvalue weighted by molar-refractivity contribution is 7.86. The summed E-state index contributed by atoms with van der Waals surface area (Å²) < 4.78 is 30.8. The average molecular weight is 216 g/mol. The Hall–Kier alpha value is -1.27. The Kier molecular flexibility index (Phi) is 2.97. The fourth-order valence-electron chi connectivity index (χ4n) is 1.09. The van der Waals surface area contributed by atoms with Crippen molar-refractivity contribution in [3.63, 3.8) is 0 Å². The van der Waals surface area contributed by atoms with Crippen molar-refractivity contribution in [2.75, 3.05) is 17.6 Å². The normalized spacial score (nSPS) is 11.3. The van der Waals surface area contributed by atoms with E-state index in [2.05, 4.69) is 5.32 Å². The molecule has 1 aromatic carbocycles. The van der Waals surface area contributed by atoms with E-state index in [1.807, 2.05) is 6.92 Å². The SMILES string of the molecule is CCNc1ccc(N)cc1S(=O)(=O)O. The fraction of sp³-hybridized carbons (Fsp3) is 0.250. The standard InChI is InChI=1S/C8H12N2O3S/c1-2-10-7-4-3-6(9)5-8(7)14(11,12)13/h3-5,10H,2,9H2,1H3,(H,11,12,13). The van der Waals surface area contributed by atoms with Crippen LogP contribution in [-0.2, 0) is 10.1 Å². The van der Waals surface area contributed by atoms with Crippen molar-refractivity contribution in [1.82, 2.24) is 0 Å². The summed E-state index contributed by atoms with van der Waals surface area (Å²) in [5, 5.41) is 2.82. The second-order valence-electron chi connectivity index (χ2n) is 2.76. The summed E-state index contributed by atoms with van der Waals surface area (Å²) in [5.74, 6) is 0. The van der Waals surface area contributed by atoms with Gasteiger partial charge in [0.25, 0.3) is 10.1 Å². The van der Waals surface area contributed by atoms with E-state index in [1.54, 1.807) is 6.07 Å². The van der Waals surface area contributed by atoms with Crippen LogP contribution in [0.2, 0.25) is 0 Å². The second-order valence-corrected chi connectivity index (χ2v) is 4.15. The zero-order valence-corrected chi connectivity index (χ0v) is 8.50. The number of benzene rings is 1. The zero-order valence-electron chi connectivity index (χ0n) is 7.69. The molecular formula is C8H12N2O3S. The fourth-order valence-corrected chi connectivity index (χ4v) is 1.79. The van der Waals surface area contributed by atoms with Gasteiger partial charge < -0.3 is 11.1 Å². The minimum Gasteiger partial charge on any atom is -0.399 e. The number of rotatable bonds is 3. The van der Waals surface area contributed by atoms with Crippen LogP contribution in [0.4, 0.5) is 11.4 Å². The van der Waals surface area contributed by atoms with Gasteiger partial charge in [-0.1, -0.05) is 0 Å². The minimum atomic E-state index is -4.22. The predicted molar refractivity (Wildman–Crippen MR) is 54.8 cm³/mol. The van der Waals surface area contributed by atoms with Crippen molar-refractivity contribution in [2.24, 2.45) is 0 Å². The summed E-state index contributed by atoms with van der Waals surface area (Å²) in [6, 6.07) is 4.29. The molecule has 0 aliphatic rings. The molecule has 0 atom stereocenters. The Morgan fingerprint density at radius 2 is 2.14 bits per heavy atom. The van der Waals surface area contributed by atoms with E-state index in [4.69, 9.17) is 10.3 Å². The quantitative estimate of drug-likeness (QED) is 0.516. The summed E-state index contributed by atoms with van der Waals surface area (Å²) in [6.07, 6.45) is 0. The molecule has 0 radical (unpaired) electrons.